The van der Waals surface area contributed by atoms with Crippen LogP contribution < -0.4 is 10.5 Å². The number of sulfonamides is 1. The lowest BCUT2D eigenvalue weighted by Gasteiger charge is -2.19. The van der Waals surface area contributed by atoms with Gasteiger partial charge in [-0.1, -0.05) is 37.3 Å². The van der Waals surface area contributed by atoms with E-state index in [0.717, 1.165) is 12.8 Å². The molecule has 5 heteroatoms. The molecule has 0 saturated heterocycles. The van der Waals surface area contributed by atoms with Crippen molar-refractivity contribution in [3.05, 3.63) is 35.9 Å². The second-order valence-corrected chi connectivity index (χ2v) is 6.85. The van der Waals surface area contributed by atoms with Gasteiger partial charge < -0.3 is 5.73 Å². The monoisotopic (exact) mass is 284 g/mol. The summed E-state index contributed by atoms with van der Waals surface area (Å²) in [5, 5.41) is -0.494. The zero-order valence-electron chi connectivity index (χ0n) is 11.7. The molecule has 0 amide bonds. The van der Waals surface area contributed by atoms with E-state index in [2.05, 4.69) is 16.9 Å². The van der Waals surface area contributed by atoms with Crippen LogP contribution in [0.25, 0.3) is 0 Å². The highest BCUT2D eigenvalue weighted by atomic mass is 32.2. The van der Waals surface area contributed by atoms with Gasteiger partial charge in [0.25, 0.3) is 0 Å². The van der Waals surface area contributed by atoms with Crippen molar-refractivity contribution in [1.82, 2.24) is 4.72 Å². The fourth-order valence-electron chi connectivity index (χ4n) is 1.98. The van der Waals surface area contributed by atoms with Gasteiger partial charge in [0.2, 0.25) is 10.0 Å². The number of hydrogen-bond donors (Lipinski definition) is 2. The Hall–Kier alpha value is -0.910. The molecule has 1 aromatic rings. The van der Waals surface area contributed by atoms with Crippen LogP contribution in [0.15, 0.2) is 30.3 Å². The van der Waals surface area contributed by atoms with Crippen molar-refractivity contribution in [2.75, 3.05) is 6.54 Å². The van der Waals surface area contributed by atoms with Gasteiger partial charge in [0.05, 0.1) is 5.25 Å². The molecule has 2 unspecified atom stereocenters. The topological polar surface area (TPSA) is 72.2 Å². The first-order chi connectivity index (χ1) is 8.99. The summed E-state index contributed by atoms with van der Waals surface area (Å²) in [7, 11) is -3.30. The first-order valence-electron chi connectivity index (χ1n) is 6.74. The van der Waals surface area contributed by atoms with Crippen LogP contribution >= 0.6 is 0 Å². The standard InChI is InChI=1S/C14H24N2O2S/c1-3-14(11-15)19(17,18)16-12(2)9-10-13-7-5-4-6-8-13/h4-8,12,14,16H,3,9-11,15H2,1-2H3. The molecule has 1 aromatic carbocycles. The predicted molar refractivity (Wildman–Crippen MR) is 79.4 cm³/mol. The molecule has 0 aliphatic carbocycles. The average molecular weight is 284 g/mol. The fourth-order valence-corrected chi connectivity index (χ4v) is 3.54. The molecule has 1 rings (SSSR count). The lowest BCUT2D eigenvalue weighted by molar-refractivity contribution is 0.531. The van der Waals surface area contributed by atoms with E-state index in [4.69, 9.17) is 5.73 Å². The van der Waals surface area contributed by atoms with Crippen LogP contribution in [-0.4, -0.2) is 26.3 Å². The maximum atomic E-state index is 12.0. The number of benzene rings is 1. The summed E-state index contributed by atoms with van der Waals surface area (Å²) in [5.74, 6) is 0. The number of nitrogens with two attached hydrogens (primary N) is 1. The van der Waals surface area contributed by atoms with Gasteiger partial charge in [0.15, 0.2) is 0 Å². The van der Waals surface area contributed by atoms with Crippen molar-refractivity contribution in [2.24, 2.45) is 5.73 Å². The van der Waals surface area contributed by atoms with Gasteiger partial charge in [-0.15, -0.1) is 0 Å². The molecule has 0 radical (unpaired) electrons. The summed E-state index contributed by atoms with van der Waals surface area (Å²) in [4.78, 5) is 0. The van der Waals surface area contributed by atoms with Crippen LogP contribution in [0.3, 0.4) is 0 Å². The Labute approximate surface area is 116 Å². The van der Waals surface area contributed by atoms with E-state index in [1.165, 1.54) is 5.56 Å². The molecule has 0 saturated carbocycles. The van der Waals surface area contributed by atoms with Crippen LogP contribution in [0.4, 0.5) is 0 Å². The minimum absolute atomic E-state index is 0.0780. The van der Waals surface area contributed by atoms with Gasteiger partial charge in [-0.05, 0) is 31.7 Å². The molecule has 0 spiro atoms. The number of nitrogens with one attached hydrogen (secondary N) is 1. The predicted octanol–water partition coefficient (Wildman–Crippen LogP) is 1.66. The maximum absolute atomic E-state index is 12.0. The molecule has 3 N–H and O–H groups in total. The molecule has 0 fully saturated rings. The summed E-state index contributed by atoms with van der Waals surface area (Å²) in [6.45, 7) is 3.90. The molecule has 0 bridgehead atoms. The zero-order valence-corrected chi connectivity index (χ0v) is 12.5. The van der Waals surface area contributed by atoms with Crippen LogP contribution in [0.5, 0.6) is 0 Å². The van der Waals surface area contributed by atoms with Crippen molar-refractivity contribution in [1.29, 1.82) is 0 Å². The molecule has 108 valence electrons. The lowest BCUT2D eigenvalue weighted by Crippen LogP contribution is -2.42. The second-order valence-electron chi connectivity index (χ2n) is 4.85. The first kappa shape index (κ1) is 16.1. The minimum atomic E-state index is -3.30. The third-order valence-corrected chi connectivity index (χ3v) is 5.37. The fraction of sp³-hybridized carbons (Fsp3) is 0.571. The average Bonchev–Trinajstić information content (AvgIpc) is 2.38. The minimum Gasteiger partial charge on any atom is -0.329 e. The van der Waals surface area contributed by atoms with E-state index in [9.17, 15) is 8.42 Å². The Kier molecular flexibility index (Phi) is 6.48. The smallest absolute Gasteiger partial charge is 0.215 e. The van der Waals surface area contributed by atoms with Gasteiger partial charge in [-0.2, -0.15) is 0 Å². The molecule has 0 aromatic heterocycles. The number of aryl methyl sites for hydroxylation is 1. The second kappa shape index (κ2) is 7.62. The maximum Gasteiger partial charge on any atom is 0.215 e. The highest BCUT2D eigenvalue weighted by Gasteiger charge is 2.23. The lowest BCUT2D eigenvalue weighted by atomic mass is 10.1. The first-order valence-corrected chi connectivity index (χ1v) is 8.29. The van der Waals surface area contributed by atoms with E-state index in [0.29, 0.717) is 6.42 Å². The van der Waals surface area contributed by atoms with Crippen molar-refractivity contribution >= 4 is 10.0 Å². The largest absolute Gasteiger partial charge is 0.329 e. The van der Waals surface area contributed by atoms with Crippen molar-refractivity contribution in [3.63, 3.8) is 0 Å². The molecule has 4 nitrogen and oxygen atoms in total. The van der Waals surface area contributed by atoms with Crippen LogP contribution in [0, 0.1) is 0 Å². The number of rotatable bonds is 8. The van der Waals surface area contributed by atoms with Crippen LogP contribution in [0.2, 0.25) is 0 Å². The molecular weight excluding hydrogens is 260 g/mol. The molecule has 19 heavy (non-hydrogen) atoms. The SMILES string of the molecule is CCC(CN)S(=O)(=O)NC(C)CCc1ccccc1. The highest BCUT2D eigenvalue weighted by Crippen LogP contribution is 2.08. The van der Waals surface area contributed by atoms with Crippen molar-refractivity contribution in [3.8, 4) is 0 Å². The Morgan fingerprint density at radius 2 is 1.89 bits per heavy atom. The number of hydrogen-bond acceptors (Lipinski definition) is 3. The van der Waals surface area contributed by atoms with E-state index >= 15 is 0 Å². The van der Waals surface area contributed by atoms with Crippen LogP contribution in [-0.2, 0) is 16.4 Å². The van der Waals surface area contributed by atoms with E-state index in [1.54, 1.807) is 0 Å². The third kappa shape index (κ3) is 5.30. The molecule has 0 heterocycles. The Morgan fingerprint density at radius 3 is 2.42 bits per heavy atom. The van der Waals surface area contributed by atoms with Gasteiger partial charge >= 0.3 is 0 Å². The summed E-state index contributed by atoms with van der Waals surface area (Å²) >= 11 is 0. The highest BCUT2D eigenvalue weighted by molar-refractivity contribution is 7.90. The van der Waals surface area contributed by atoms with Gasteiger partial charge in [-0.3, -0.25) is 0 Å². The van der Waals surface area contributed by atoms with Crippen molar-refractivity contribution in [2.45, 2.75) is 44.4 Å². The van der Waals surface area contributed by atoms with Crippen LogP contribution in [0.1, 0.15) is 32.3 Å². The summed E-state index contributed by atoms with van der Waals surface area (Å²) in [6, 6.07) is 9.98. The molecule has 0 aliphatic rings. The summed E-state index contributed by atoms with van der Waals surface area (Å²) in [6.07, 6.45) is 2.19. The van der Waals surface area contributed by atoms with E-state index in [1.807, 2.05) is 32.0 Å². The van der Waals surface area contributed by atoms with E-state index in [-0.39, 0.29) is 12.6 Å². The summed E-state index contributed by atoms with van der Waals surface area (Å²) < 4.78 is 26.8. The normalized spacial score (nSPS) is 15.1. The van der Waals surface area contributed by atoms with E-state index < -0.39 is 15.3 Å². The Balaban J connectivity index is 2.49. The van der Waals surface area contributed by atoms with Gasteiger partial charge in [0.1, 0.15) is 0 Å². The van der Waals surface area contributed by atoms with Crippen molar-refractivity contribution < 1.29 is 8.42 Å². The zero-order chi connectivity index (χ0) is 14.3. The quantitative estimate of drug-likeness (QED) is 0.762. The Morgan fingerprint density at radius 1 is 1.26 bits per heavy atom. The third-order valence-electron chi connectivity index (χ3n) is 3.23. The Bertz CT molecular complexity index is 456. The van der Waals surface area contributed by atoms with Gasteiger partial charge in [0, 0.05) is 12.6 Å². The summed E-state index contributed by atoms with van der Waals surface area (Å²) in [5.41, 5.74) is 6.71. The molecule has 0 aliphatic heterocycles. The molecular formula is C14H24N2O2S. The molecule has 2 atom stereocenters. The van der Waals surface area contributed by atoms with Gasteiger partial charge in [-0.25, -0.2) is 13.1 Å².